The number of halogens is 4. The Bertz CT molecular complexity index is 665. The second kappa shape index (κ2) is 8.00. The van der Waals surface area contributed by atoms with Gasteiger partial charge in [-0.15, -0.1) is 12.4 Å². The first kappa shape index (κ1) is 20.5. The third kappa shape index (κ3) is 4.77. The van der Waals surface area contributed by atoms with E-state index in [-0.39, 0.29) is 36.5 Å². The van der Waals surface area contributed by atoms with Crippen molar-refractivity contribution in [2.24, 2.45) is 5.92 Å². The molecule has 2 unspecified atom stereocenters. The van der Waals surface area contributed by atoms with Crippen molar-refractivity contribution in [3.63, 3.8) is 0 Å². The van der Waals surface area contributed by atoms with Crippen molar-refractivity contribution in [2.45, 2.75) is 75.8 Å². The van der Waals surface area contributed by atoms with E-state index in [1.165, 1.54) is 25.0 Å². The van der Waals surface area contributed by atoms with Crippen molar-refractivity contribution in [3.8, 4) is 0 Å². The van der Waals surface area contributed by atoms with Crippen LogP contribution in [0.3, 0.4) is 0 Å². The van der Waals surface area contributed by atoms with Gasteiger partial charge in [-0.3, -0.25) is 4.79 Å². The number of nitrogens with one attached hydrogen (secondary N) is 1. The van der Waals surface area contributed by atoms with Crippen molar-refractivity contribution in [1.29, 1.82) is 0 Å². The molecule has 2 aliphatic heterocycles. The topological polar surface area (TPSA) is 32.3 Å². The molecule has 0 aromatic heterocycles. The fraction of sp³-hybridized carbons (Fsp3) is 0.650. The lowest BCUT2D eigenvalue weighted by atomic mass is 9.89. The zero-order valence-electron chi connectivity index (χ0n) is 15.2. The van der Waals surface area contributed by atoms with Crippen LogP contribution in [0.2, 0.25) is 0 Å². The highest BCUT2D eigenvalue weighted by atomic mass is 35.5. The first-order valence-corrected chi connectivity index (χ1v) is 9.61. The predicted octanol–water partition coefficient (Wildman–Crippen LogP) is 4.54. The fourth-order valence-electron chi connectivity index (χ4n) is 4.63. The van der Waals surface area contributed by atoms with Crippen LogP contribution in [0.1, 0.15) is 56.1 Å². The molecular formula is C20H26ClF3N2O. The lowest BCUT2D eigenvalue weighted by Crippen LogP contribution is -2.41. The maximum Gasteiger partial charge on any atom is 0.416 e. The fourth-order valence-corrected chi connectivity index (χ4v) is 4.63. The first-order chi connectivity index (χ1) is 12.4. The summed E-state index contributed by atoms with van der Waals surface area (Å²) in [6.45, 7) is 0.0665. The molecule has 1 aromatic carbocycles. The van der Waals surface area contributed by atoms with Gasteiger partial charge >= 0.3 is 6.18 Å². The van der Waals surface area contributed by atoms with Gasteiger partial charge in [-0.05, 0) is 56.1 Å². The number of fused-ring (bicyclic) bond motifs is 2. The third-order valence-corrected chi connectivity index (χ3v) is 6.01. The molecule has 3 nitrogen and oxygen atoms in total. The number of amides is 1. The maximum absolute atomic E-state index is 13.3. The summed E-state index contributed by atoms with van der Waals surface area (Å²) in [5, 5.41) is 3.57. The number of hydrogen-bond donors (Lipinski definition) is 1. The molecule has 27 heavy (non-hydrogen) atoms. The van der Waals surface area contributed by atoms with Crippen molar-refractivity contribution in [1.82, 2.24) is 10.2 Å². The second-order valence-corrected chi connectivity index (χ2v) is 8.09. The SMILES string of the molecule is Cl.O=C(CC1CC2CCC(C1)N2)N(Cc1ccccc1C(F)(F)F)C1CC1. The van der Waals surface area contributed by atoms with E-state index in [1.54, 1.807) is 11.0 Å². The molecule has 7 heteroatoms. The van der Waals surface area contributed by atoms with Crippen LogP contribution in [0.15, 0.2) is 24.3 Å². The number of carbonyl (C=O) groups excluding carboxylic acids is 1. The van der Waals surface area contributed by atoms with E-state index in [0.717, 1.165) is 31.7 Å². The van der Waals surface area contributed by atoms with Crippen molar-refractivity contribution in [3.05, 3.63) is 35.4 Å². The maximum atomic E-state index is 13.3. The van der Waals surface area contributed by atoms with Crippen molar-refractivity contribution < 1.29 is 18.0 Å². The van der Waals surface area contributed by atoms with Crippen LogP contribution in [0.4, 0.5) is 13.2 Å². The first-order valence-electron chi connectivity index (χ1n) is 9.61. The third-order valence-electron chi connectivity index (χ3n) is 6.01. The van der Waals surface area contributed by atoms with Gasteiger partial charge in [0.05, 0.1) is 5.56 Å². The van der Waals surface area contributed by atoms with Crippen LogP contribution in [-0.4, -0.2) is 28.9 Å². The number of carbonyl (C=O) groups is 1. The summed E-state index contributed by atoms with van der Waals surface area (Å²) in [6, 6.07) is 6.78. The number of alkyl halides is 3. The highest BCUT2D eigenvalue weighted by molar-refractivity contribution is 5.85. The highest BCUT2D eigenvalue weighted by Gasteiger charge is 2.39. The van der Waals surface area contributed by atoms with E-state index < -0.39 is 11.7 Å². The Balaban J connectivity index is 0.00000210. The molecule has 2 bridgehead atoms. The lowest BCUT2D eigenvalue weighted by molar-refractivity contribution is -0.140. The van der Waals surface area contributed by atoms with Crippen LogP contribution in [0.25, 0.3) is 0 Å². The summed E-state index contributed by atoms with van der Waals surface area (Å²) in [6.07, 6.45) is 2.28. The Morgan fingerprint density at radius 2 is 1.70 bits per heavy atom. The van der Waals surface area contributed by atoms with E-state index in [2.05, 4.69) is 5.32 Å². The summed E-state index contributed by atoms with van der Waals surface area (Å²) in [5.41, 5.74) is -0.427. The van der Waals surface area contributed by atoms with Crippen LogP contribution in [0.5, 0.6) is 0 Å². The molecule has 1 aromatic rings. The Morgan fingerprint density at radius 1 is 1.07 bits per heavy atom. The Morgan fingerprint density at radius 3 is 2.30 bits per heavy atom. The molecule has 2 saturated heterocycles. The molecule has 150 valence electrons. The minimum absolute atomic E-state index is 0. The molecule has 0 spiro atoms. The zero-order valence-corrected chi connectivity index (χ0v) is 16.0. The molecule has 3 fully saturated rings. The highest BCUT2D eigenvalue weighted by Crippen LogP contribution is 2.37. The number of rotatable bonds is 5. The Labute approximate surface area is 164 Å². The number of piperidine rings is 1. The standard InChI is InChI=1S/C20H25F3N2O.ClH/c21-20(22,23)18-4-2-1-3-14(18)12-25(17-7-8-17)19(26)11-13-9-15-5-6-16(10-13)24-15;/h1-4,13,15-17,24H,5-12H2;1H. The quantitative estimate of drug-likeness (QED) is 0.784. The summed E-state index contributed by atoms with van der Waals surface area (Å²) in [4.78, 5) is 14.6. The molecule has 0 radical (unpaired) electrons. The molecule has 1 aliphatic carbocycles. The molecule has 1 N–H and O–H groups in total. The molecule has 2 atom stereocenters. The average Bonchev–Trinajstić information content (AvgIpc) is 3.36. The zero-order chi connectivity index (χ0) is 18.3. The largest absolute Gasteiger partial charge is 0.416 e. The van der Waals surface area contributed by atoms with E-state index >= 15 is 0 Å². The molecule has 2 heterocycles. The van der Waals surface area contributed by atoms with E-state index in [9.17, 15) is 18.0 Å². The Kier molecular flexibility index (Phi) is 6.06. The molecule has 1 saturated carbocycles. The number of benzene rings is 1. The molecule has 3 aliphatic rings. The van der Waals surface area contributed by atoms with Crippen LogP contribution in [0, 0.1) is 5.92 Å². The van der Waals surface area contributed by atoms with Gasteiger partial charge < -0.3 is 10.2 Å². The summed E-state index contributed by atoms with van der Waals surface area (Å²) in [5.74, 6) is 0.385. The summed E-state index contributed by atoms with van der Waals surface area (Å²) >= 11 is 0. The minimum atomic E-state index is -4.39. The van der Waals surface area contributed by atoms with Crippen LogP contribution in [-0.2, 0) is 17.5 Å². The monoisotopic (exact) mass is 402 g/mol. The van der Waals surface area contributed by atoms with Gasteiger partial charge in [-0.2, -0.15) is 13.2 Å². The van der Waals surface area contributed by atoms with E-state index in [1.807, 2.05) is 0 Å². The van der Waals surface area contributed by atoms with E-state index in [4.69, 9.17) is 0 Å². The normalized spacial score (nSPS) is 27.1. The smallest absolute Gasteiger partial charge is 0.335 e. The van der Waals surface area contributed by atoms with Crippen molar-refractivity contribution >= 4 is 18.3 Å². The van der Waals surface area contributed by atoms with Gasteiger partial charge in [0, 0.05) is 31.1 Å². The van der Waals surface area contributed by atoms with E-state index in [0.29, 0.717) is 24.4 Å². The molecule has 4 rings (SSSR count). The van der Waals surface area contributed by atoms with Gasteiger partial charge in [-0.1, -0.05) is 18.2 Å². The van der Waals surface area contributed by atoms with Gasteiger partial charge in [0.1, 0.15) is 0 Å². The number of hydrogen-bond acceptors (Lipinski definition) is 2. The number of nitrogens with zero attached hydrogens (tertiary/aromatic N) is 1. The summed E-state index contributed by atoms with van der Waals surface area (Å²) < 4.78 is 39.8. The van der Waals surface area contributed by atoms with Crippen LogP contribution < -0.4 is 5.32 Å². The lowest BCUT2D eigenvalue weighted by Gasteiger charge is -2.31. The van der Waals surface area contributed by atoms with Gasteiger partial charge in [0.25, 0.3) is 0 Å². The van der Waals surface area contributed by atoms with Gasteiger partial charge in [0.15, 0.2) is 0 Å². The minimum Gasteiger partial charge on any atom is -0.335 e. The predicted molar refractivity (Wildman–Crippen MR) is 99.6 cm³/mol. The Hall–Kier alpha value is -1.27. The van der Waals surface area contributed by atoms with Crippen LogP contribution >= 0.6 is 12.4 Å². The van der Waals surface area contributed by atoms with Crippen molar-refractivity contribution in [2.75, 3.05) is 0 Å². The summed E-state index contributed by atoms with van der Waals surface area (Å²) in [7, 11) is 0. The second-order valence-electron chi connectivity index (χ2n) is 8.09. The molecule has 1 amide bonds. The van der Waals surface area contributed by atoms with Gasteiger partial charge in [0.2, 0.25) is 5.91 Å². The molecular weight excluding hydrogens is 377 g/mol. The van der Waals surface area contributed by atoms with Gasteiger partial charge in [-0.25, -0.2) is 0 Å². The average molecular weight is 403 g/mol.